The molecule has 0 amide bonds. The molecule has 0 aromatic carbocycles. The molecule has 0 heterocycles. The molecule has 11 heavy (non-hydrogen) atoms. The third-order valence-corrected chi connectivity index (χ3v) is 2.25. The second-order valence-electron chi connectivity index (χ2n) is 2.94. The summed E-state index contributed by atoms with van der Waals surface area (Å²) < 4.78 is 4.83. The smallest absolute Gasteiger partial charge is 0.312 e. The predicted molar refractivity (Wildman–Crippen MR) is 40.2 cm³/mol. The number of carboxylic acids is 1. The number of ether oxygens (including phenoxy) is 1. The Labute approximate surface area is 65.7 Å². The van der Waals surface area contributed by atoms with Crippen LogP contribution in [0.25, 0.3) is 0 Å². The Hall–Kier alpha value is -0.830. The van der Waals surface area contributed by atoms with Crippen molar-refractivity contribution in [2.45, 2.75) is 6.42 Å². The van der Waals surface area contributed by atoms with Crippen LogP contribution in [-0.2, 0) is 9.53 Å². The molecule has 3 heteroatoms. The van der Waals surface area contributed by atoms with E-state index in [0.29, 0.717) is 13.0 Å². The van der Waals surface area contributed by atoms with Crippen LogP contribution in [0, 0.1) is 11.3 Å². The molecule has 0 bridgehead atoms. The highest BCUT2D eigenvalue weighted by Gasteiger charge is 2.58. The molecule has 1 rings (SSSR count). The molecule has 62 valence electrons. The number of aliphatic carboxylic acids is 1. The van der Waals surface area contributed by atoms with E-state index < -0.39 is 11.4 Å². The van der Waals surface area contributed by atoms with E-state index in [9.17, 15) is 4.79 Å². The van der Waals surface area contributed by atoms with Gasteiger partial charge in [-0.15, -0.1) is 6.58 Å². The first-order valence-corrected chi connectivity index (χ1v) is 3.52. The summed E-state index contributed by atoms with van der Waals surface area (Å²) in [7, 11) is 1.52. The largest absolute Gasteiger partial charge is 0.481 e. The molecule has 0 radical (unpaired) electrons. The highest BCUT2D eigenvalue weighted by atomic mass is 16.5. The SMILES string of the molecule is C=C[C@@H]1C[C@]1(COC)C(=O)O. The van der Waals surface area contributed by atoms with Crippen LogP contribution in [0.4, 0.5) is 0 Å². The summed E-state index contributed by atoms with van der Waals surface area (Å²) in [5, 5.41) is 8.81. The molecule has 0 saturated heterocycles. The van der Waals surface area contributed by atoms with Gasteiger partial charge >= 0.3 is 5.97 Å². The lowest BCUT2D eigenvalue weighted by Crippen LogP contribution is -2.22. The monoisotopic (exact) mass is 156 g/mol. The quantitative estimate of drug-likeness (QED) is 0.615. The van der Waals surface area contributed by atoms with E-state index in [1.54, 1.807) is 6.08 Å². The number of hydrogen-bond donors (Lipinski definition) is 1. The van der Waals surface area contributed by atoms with E-state index in [1.807, 2.05) is 0 Å². The Morgan fingerprint density at radius 2 is 2.64 bits per heavy atom. The van der Waals surface area contributed by atoms with Crippen LogP contribution in [0.3, 0.4) is 0 Å². The fraction of sp³-hybridized carbons (Fsp3) is 0.625. The van der Waals surface area contributed by atoms with Gasteiger partial charge in [-0.3, -0.25) is 4.79 Å². The Kier molecular flexibility index (Phi) is 2.00. The van der Waals surface area contributed by atoms with Gasteiger partial charge in [0.1, 0.15) is 0 Å². The molecule has 2 atom stereocenters. The molecule has 3 nitrogen and oxygen atoms in total. The van der Waals surface area contributed by atoms with Crippen LogP contribution < -0.4 is 0 Å². The molecule has 1 aliphatic carbocycles. The molecule has 1 saturated carbocycles. The second kappa shape index (κ2) is 2.66. The van der Waals surface area contributed by atoms with Crippen LogP contribution in [0.2, 0.25) is 0 Å². The number of carbonyl (C=O) groups is 1. The lowest BCUT2D eigenvalue weighted by Gasteiger charge is -2.08. The van der Waals surface area contributed by atoms with Gasteiger partial charge in [-0.2, -0.15) is 0 Å². The molecular formula is C8H12O3. The van der Waals surface area contributed by atoms with E-state index in [-0.39, 0.29) is 5.92 Å². The molecule has 0 unspecified atom stereocenters. The Balaban J connectivity index is 2.62. The van der Waals surface area contributed by atoms with Gasteiger partial charge < -0.3 is 9.84 Å². The maximum atomic E-state index is 10.7. The fourth-order valence-corrected chi connectivity index (χ4v) is 1.37. The third-order valence-electron chi connectivity index (χ3n) is 2.25. The van der Waals surface area contributed by atoms with E-state index in [4.69, 9.17) is 9.84 Å². The summed E-state index contributed by atoms with van der Waals surface area (Å²) in [5.41, 5.74) is -0.656. The lowest BCUT2D eigenvalue weighted by atomic mass is 10.1. The minimum Gasteiger partial charge on any atom is -0.481 e. The van der Waals surface area contributed by atoms with Crippen LogP contribution in [0.1, 0.15) is 6.42 Å². The van der Waals surface area contributed by atoms with Gasteiger partial charge in [-0.25, -0.2) is 0 Å². The van der Waals surface area contributed by atoms with Crippen molar-refractivity contribution in [3.05, 3.63) is 12.7 Å². The van der Waals surface area contributed by atoms with Crippen molar-refractivity contribution in [2.24, 2.45) is 11.3 Å². The molecule has 1 N–H and O–H groups in total. The summed E-state index contributed by atoms with van der Waals surface area (Å²) in [6.45, 7) is 3.85. The molecule has 1 fully saturated rings. The Bertz CT molecular complexity index is 188. The molecule has 0 spiro atoms. The third kappa shape index (κ3) is 1.16. The first-order valence-electron chi connectivity index (χ1n) is 3.52. The van der Waals surface area contributed by atoms with Crippen molar-refractivity contribution < 1.29 is 14.6 Å². The van der Waals surface area contributed by atoms with Crippen molar-refractivity contribution in [1.29, 1.82) is 0 Å². The van der Waals surface area contributed by atoms with Gasteiger partial charge in [0.15, 0.2) is 0 Å². The van der Waals surface area contributed by atoms with E-state index >= 15 is 0 Å². The zero-order chi connectivity index (χ0) is 8.48. The maximum absolute atomic E-state index is 10.7. The molecule has 0 aromatic heterocycles. The van der Waals surface area contributed by atoms with Crippen LogP contribution in [0.15, 0.2) is 12.7 Å². The molecule has 0 aromatic rings. The number of methoxy groups -OCH3 is 1. The first kappa shape index (κ1) is 8.27. The molecular weight excluding hydrogens is 144 g/mol. The summed E-state index contributed by atoms with van der Waals surface area (Å²) in [6, 6.07) is 0. The van der Waals surface area contributed by atoms with Gasteiger partial charge in [0.05, 0.1) is 12.0 Å². The number of rotatable bonds is 4. The minimum atomic E-state index is -0.774. The number of allylic oxidation sites excluding steroid dienone is 1. The summed E-state index contributed by atoms with van der Waals surface area (Å²) in [6.07, 6.45) is 2.35. The lowest BCUT2D eigenvalue weighted by molar-refractivity contribution is -0.145. The van der Waals surface area contributed by atoms with E-state index in [1.165, 1.54) is 7.11 Å². The number of carboxylic acid groups (broad SMARTS) is 1. The summed E-state index contributed by atoms with van der Waals surface area (Å²) in [5.74, 6) is -0.677. The first-order chi connectivity index (χ1) is 5.17. The van der Waals surface area contributed by atoms with Crippen LogP contribution in [-0.4, -0.2) is 24.8 Å². The van der Waals surface area contributed by atoms with Gasteiger partial charge in [0.2, 0.25) is 0 Å². The van der Waals surface area contributed by atoms with Crippen LogP contribution in [0.5, 0.6) is 0 Å². The topological polar surface area (TPSA) is 46.5 Å². The Morgan fingerprint density at radius 3 is 2.91 bits per heavy atom. The van der Waals surface area contributed by atoms with Crippen molar-refractivity contribution >= 4 is 5.97 Å². The average molecular weight is 156 g/mol. The van der Waals surface area contributed by atoms with Crippen LogP contribution >= 0.6 is 0 Å². The van der Waals surface area contributed by atoms with Crippen molar-refractivity contribution in [1.82, 2.24) is 0 Å². The van der Waals surface area contributed by atoms with Gasteiger partial charge in [0, 0.05) is 7.11 Å². The fourth-order valence-electron chi connectivity index (χ4n) is 1.37. The van der Waals surface area contributed by atoms with Gasteiger partial charge in [-0.1, -0.05) is 6.08 Å². The van der Waals surface area contributed by atoms with Gasteiger partial charge in [0.25, 0.3) is 0 Å². The van der Waals surface area contributed by atoms with E-state index in [0.717, 1.165) is 0 Å². The number of hydrogen-bond acceptors (Lipinski definition) is 2. The molecule has 0 aliphatic heterocycles. The minimum absolute atomic E-state index is 0.0972. The Morgan fingerprint density at radius 1 is 2.00 bits per heavy atom. The maximum Gasteiger partial charge on any atom is 0.312 e. The highest BCUT2D eigenvalue weighted by molar-refractivity contribution is 5.79. The summed E-state index contributed by atoms with van der Waals surface area (Å²) in [4.78, 5) is 10.7. The zero-order valence-corrected chi connectivity index (χ0v) is 6.54. The summed E-state index contributed by atoms with van der Waals surface area (Å²) >= 11 is 0. The second-order valence-corrected chi connectivity index (χ2v) is 2.94. The van der Waals surface area contributed by atoms with Crippen molar-refractivity contribution in [3.8, 4) is 0 Å². The average Bonchev–Trinajstić information content (AvgIpc) is 2.65. The highest BCUT2D eigenvalue weighted by Crippen LogP contribution is 2.53. The molecule has 1 aliphatic rings. The van der Waals surface area contributed by atoms with E-state index in [2.05, 4.69) is 6.58 Å². The standard InChI is InChI=1S/C8H12O3/c1-3-6-4-8(6,5-11-2)7(9)10/h3,6H,1,4-5H2,2H3,(H,9,10)/t6-,8-/m1/s1. The van der Waals surface area contributed by atoms with Crippen molar-refractivity contribution in [3.63, 3.8) is 0 Å². The van der Waals surface area contributed by atoms with Crippen molar-refractivity contribution in [2.75, 3.05) is 13.7 Å². The predicted octanol–water partition coefficient (Wildman–Crippen LogP) is 0.910. The normalized spacial score (nSPS) is 34.8. The zero-order valence-electron chi connectivity index (χ0n) is 6.54. The van der Waals surface area contributed by atoms with Gasteiger partial charge in [-0.05, 0) is 12.3 Å².